The minimum Gasteiger partial charge on any atom is -0.436 e. The fraction of sp³-hybridized carbons (Fsp3) is 0.333. The molecule has 2 amide bonds. The number of allylic oxidation sites excluding steroid dienone is 1. The third-order valence-electron chi connectivity index (χ3n) is 2.73. The number of ether oxygens (including phenoxy) is 1. The summed E-state index contributed by atoms with van der Waals surface area (Å²) in [7, 11) is 0. The molecule has 0 aliphatic carbocycles. The van der Waals surface area contributed by atoms with Crippen LogP contribution in [-0.2, 0) is 6.18 Å². The van der Waals surface area contributed by atoms with Crippen molar-refractivity contribution in [3.05, 3.63) is 39.5 Å². The average molecular weight is 398 g/mol. The van der Waals surface area contributed by atoms with E-state index < -0.39 is 23.7 Å². The molecular weight excluding hydrogens is 382 g/mol. The van der Waals surface area contributed by atoms with Crippen molar-refractivity contribution in [2.75, 3.05) is 6.54 Å². The largest absolute Gasteiger partial charge is 0.436 e. The third kappa shape index (κ3) is 6.83. The Labute approximate surface area is 152 Å². The normalized spacial score (nSPS) is 11.9. The van der Waals surface area contributed by atoms with Gasteiger partial charge in [-0.2, -0.15) is 13.2 Å². The molecule has 1 rings (SSSR count). The first-order valence-corrected chi connectivity index (χ1v) is 7.86. The summed E-state index contributed by atoms with van der Waals surface area (Å²) in [6, 6.07) is 0.862. The quantitative estimate of drug-likeness (QED) is 0.483. The molecule has 3 N–H and O–H groups in total. The van der Waals surface area contributed by atoms with E-state index in [0.29, 0.717) is 18.7 Å². The van der Waals surface area contributed by atoms with E-state index in [1.54, 1.807) is 0 Å². The molecule has 138 valence electrons. The molecule has 0 radical (unpaired) electrons. The van der Waals surface area contributed by atoms with Gasteiger partial charge in [-0.15, -0.1) is 0 Å². The number of carbonyl (C=O) groups is 1. The summed E-state index contributed by atoms with van der Waals surface area (Å²) in [5.41, 5.74) is -0.736. The van der Waals surface area contributed by atoms with Crippen LogP contribution in [0.1, 0.15) is 25.8 Å². The fourth-order valence-electron chi connectivity index (χ4n) is 1.66. The SMILES string of the molecule is CCCNC(=O)N/C(C)=C\C(=N)Oc1c(Cl)cc(C(F)(F)F)cc1Cl. The minimum atomic E-state index is -4.61. The van der Waals surface area contributed by atoms with Crippen LogP contribution in [-0.4, -0.2) is 18.5 Å². The molecule has 0 aliphatic rings. The van der Waals surface area contributed by atoms with Crippen LogP contribution in [0, 0.1) is 5.41 Å². The number of rotatable bonds is 5. The van der Waals surface area contributed by atoms with E-state index in [4.69, 9.17) is 33.3 Å². The first kappa shape index (κ1) is 21.1. The number of alkyl halides is 3. The molecule has 0 aromatic heterocycles. The number of hydrogen-bond donors (Lipinski definition) is 3. The smallest absolute Gasteiger partial charge is 0.416 e. The predicted octanol–water partition coefficient (Wildman–Crippen LogP) is 4.98. The number of urea groups is 1. The van der Waals surface area contributed by atoms with Crippen molar-refractivity contribution in [1.82, 2.24) is 10.6 Å². The van der Waals surface area contributed by atoms with Gasteiger partial charge in [-0.1, -0.05) is 30.1 Å². The maximum atomic E-state index is 12.7. The summed E-state index contributed by atoms with van der Waals surface area (Å²) in [4.78, 5) is 11.5. The summed E-state index contributed by atoms with van der Waals surface area (Å²) in [6.45, 7) is 3.90. The highest BCUT2D eigenvalue weighted by Crippen LogP contribution is 2.39. The van der Waals surface area contributed by atoms with Gasteiger partial charge in [0, 0.05) is 18.3 Å². The van der Waals surface area contributed by atoms with E-state index in [2.05, 4.69) is 10.6 Å². The number of carbonyl (C=O) groups excluding carboxylic acids is 1. The van der Waals surface area contributed by atoms with Gasteiger partial charge < -0.3 is 15.4 Å². The summed E-state index contributed by atoms with van der Waals surface area (Å²) in [5.74, 6) is -0.738. The van der Waals surface area contributed by atoms with Crippen molar-refractivity contribution in [1.29, 1.82) is 5.41 Å². The molecule has 1 aromatic rings. The van der Waals surface area contributed by atoms with Gasteiger partial charge >= 0.3 is 12.2 Å². The molecule has 0 spiro atoms. The monoisotopic (exact) mass is 397 g/mol. The van der Waals surface area contributed by atoms with Crippen LogP contribution in [0.5, 0.6) is 5.75 Å². The minimum absolute atomic E-state index is 0.277. The van der Waals surface area contributed by atoms with E-state index in [-0.39, 0.29) is 21.5 Å². The molecule has 25 heavy (non-hydrogen) atoms. The van der Waals surface area contributed by atoms with E-state index in [9.17, 15) is 18.0 Å². The maximum absolute atomic E-state index is 12.7. The Kier molecular flexibility index (Phi) is 7.57. The van der Waals surface area contributed by atoms with Crippen molar-refractivity contribution in [2.45, 2.75) is 26.4 Å². The highest BCUT2D eigenvalue weighted by atomic mass is 35.5. The molecule has 0 saturated carbocycles. The Hall–Kier alpha value is -1.93. The first-order valence-electron chi connectivity index (χ1n) is 7.10. The molecule has 0 fully saturated rings. The lowest BCUT2D eigenvalue weighted by molar-refractivity contribution is -0.137. The first-order chi connectivity index (χ1) is 11.5. The highest BCUT2D eigenvalue weighted by molar-refractivity contribution is 6.37. The average Bonchev–Trinajstić information content (AvgIpc) is 2.47. The Morgan fingerprint density at radius 2 is 1.88 bits per heavy atom. The summed E-state index contributed by atoms with van der Waals surface area (Å²) in [5, 5.41) is 12.0. The molecule has 5 nitrogen and oxygen atoms in total. The van der Waals surface area contributed by atoms with Crippen molar-refractivity contribution in [3.8, 4) is 5.75 Å². The lowest BCUT2D eigenvalue weighted by atomic mass is 10.2. The zero-order chi connectivity index (χ0) is 19.2. The van der Waals surface area contributed by atoms with Crippen LogP contribution in [0.3, 0.4) is 0 Å². The lowest BCUT2D eigenvalue weighted by Gasteiger charge is -2.13. The zero-order valence-corrected chi connectivity index (χ0v) is 14.9. The summed E-state index contributed by atoms with van der Waals surface area (Å²) >= 11 is 11.5. The van der Waals surface area contributed by atoms with Gasteiger partial charge in [-0.25, -0.2) is 4.79 Å². The fourth-order valence-corrected chi connectivity index (χ4v) is 2.22. The second-order valence-corrected chi connectivity index (χ2v) is 5.76. The number of nitrogens with one attached hydrogen (secondary N) is 3. The van der Waals surface area contributed by atoms with Gasteiger partial charge in [-0.3, -0.25) is 5.41 Å². The molecular formula is C15H16Cl2F3N3O2. The van der Waals surface area contributed by atoms with Crippen LogP contribution in [0.15, 0.2) is 23.9 Å². The Morgan fingerprint density at radius 3 is 2.36 bits per heavy atom. The van der Waals surface area contributed by atoms with Gasteiger partial charge in [0.05, 0.1) is 15.6 Å². The number of benzene rings is 1. The molecule has 1 aromatic carbocycles. The van der Waals surface area contributed by atoms with Crippen molar-refractivity contribution in [2.24, 2.45) is 0 Å². The zero-order valence-electron chi connectivity index (χ0n) is 13.4. The van der Waals surface area contributed by atoms with E-state index >= 15 is 0 Å². The topological polar surface area (TPSA) is 74.2 Å². The molecule has 0 atom stereocenters. The van der Waals surface area contributed by atoms with Crippen LogP contribution in [0.2, 0.25) is 10.0 Å². The third-order valence-corrected chi connectivity index (χ3v) is 3.29. The van der Waals surface area contributed by atoms with Gasteiger partial charge in [0.2, 0.25) is 5.90 Å². The van der Waals surface area contributed by atoms with E-state index in [1.807, 2.05) is 6.92 Å². The van der Waals surface area contributed by atoms with Crippen LogP contribution >= 0.6 is 23.2 Å². The summed E-state index contributed by atoms with van der Waals surface area (Å²) in [6.07, 6.45) is -2.68. The molecule has 0 heterocycles. The van der Waals surface area contributed by atoms with Gasteiger partial charge in [0.15, 0.2) is 5.75 Å². The second kappa shape index (κ2) is 8.96. The van der Waals surface area contributed by atoms with Gasteiger partial charge in [0.25, 0.3) is 0 Å². The van der Waals surface area contributed by atoms with Crippen LogP contribution in [0.25, 0.3) is 0 Å². The van der Waals surface area contributed by atoms with E-state index in [0.717, 1.165) is 12.5 Å². The predicted molar refractivity (Wildman–Crippen MR) is 90.4 cm³/mol. The number of hydrogen-bond acceptors (Lipinski definition) is 3. The highest BCUT2D eigenvalue weighted by Gasteiger charge is 2.32. The Balaban J connectivity index is 2.83. The standard InChI is InChI=1S/C15H16Cl2F3N3O2/c1-3-4-22-14(24)23-8(2)5-12(21)25-13-10(16)6-9(7-11(13)17)15(18,19)20/h5-7,21H,3-4H2,1-2H3,(H2,22,23,24)/b8-5-,21-12?. The van der Waals surface area contributed by atoms with Gasteiger partial charge in [0.1, 0.15) is 0 Å². The van der Waals surface area contributed by atoms with Crippen molar-refractivity contribution >= 4 is 35.1 Å². The maximum Gasteiger partial charge on any atom is 0.416 e. The van der Waals surface area contributed by atoms with Crippen LogP contribution < -0.4 is 15.4 Å². The number of halogens is 5. The summed E-state index contributed by atoms with van der Waals surface area (Å²) < 4.78 is 43.1. The molecule has 10 heteroatoms. The Morgan fingerprint density at radius 1 is 1.32 bits per heavy atom. The van der Waals surface area contributed by atoms with Crippen LogP contribution in [0.4, 0.5) is 18.0 Å². The lowest BCUT2D eigenvalue weighted by Crippen LogP contribution is -2.35. The molecule has 0 saturated heterocycles. The molecule has 0 unspecified atom stereocenters. The van der Waals surface area contributed by atoms with Crippen molar-refractivity contribution in [3.63, 3.8) is 0 Å². The number of amides is 2. The van der Waals surface area contributed by atoms with E-state index in [1.165, 1.54) is 6.92 Å². The Bertz CT molecular complexity index is 668. The van der Waals surface area contributed by atoms with Crippen molar-refractivity contribution < 1.29 is 22.7 Å². The molecule has 0 bridgehead atoms. The molecule has 0 aliphatic heterocycles. The second-order valence-electron chi connectivity index (χ2n) is 4.94. The van der Waals surface area contributed by atoms with Gasteiger partial charge in [-0.05, 0) is 25.5 Å².